The molecule has 0 aliphatic carbocycles. The summed E-state index contributed by atoms with van der Waals surface area (Å²) in [5.41, 5.74) is 1.10. The fourth-order valence-corrected chi connectivity index (χ4v) is 4.28. The number of ketones is 1. The van der Waals surface area contributed by atoms with Crippen molar-refractivity contribution in [3.8, 4) is 0 Å². The highest BCUT2D eigenvalue weighted by atomic mass is 32.2. The van der Waals surface area contributed by atoms with Crippen LogP contribution >= 0.6 is 11.9 Å². The van der Waals surface area contributed by atoms with Gasteiger partial charge in [0.05, 0.1) is 22.2 Å². The number of aromatic nitrogens is 3. The molecule has 3 N–H and O–H groups in total. The first-order valence-corrected chi connectivity index (χ1v) is 11.8. The highest BCUT2D eigenvalue weighted by Gasteiger charge is 2.26. The summed E-state index contributed by atoms with van der Waals surface area (Å²) < 4.78 is 33.0. The zero-order chi connectivity index (χ0) is 24.2. The van der Waals surface area contributed by atoms with Gasteiger partial charge in [-0.1, -0.05) is 25.5 Å². The van der Waals surface area contributed by atoms with E-state index < -0.39 is 23.0 Å². The largest absolute Gasteiger partial charge is 0.367 e. The Morgan fingerprint density at radius 1 is 1.12 bits per heavy atom. The Hall–Kier alpha value is -3.46. The number of nitrogens with one attached hydrogen (secondary N) is 3. The lowest BCUT2D eigenvalue weighted by atomic mass is 10.0. The van der Waals surface area contributed by atoms with Crippen LogP contribution in [0.25, 0.3) is 11.0 Å². The molecule has 176 valence electrons. The lowest BCUT2D eigenvalue weighted by Crippen LogP contribution is -2.13. The van der Waals surface area contributed by atoms with Gasteiger partial charge in [0.25, 0.3) is 0 Å². The van der Waals surface area contributed by atoms with Crippen LogP contribution < -0.4 is 10.0 Å². The van der Waals surface area contributed by atoms with E-state index in [0.717, 1.165) is 23.8 Å². The number of fused-ring (bicyclic) bond motifs is 1. The first kappa shape index (κ1) is 23.7. The van der Waals surface area contributed by atoms with Gasteiger partial charge < -0.3 is 15.0 Å². The molecule has 0 unspecified atom stereocenters. The molecule has 0 saturated carbocycles. The number of halogens is 2. The minimum absolute atomic E-state index is 0.0176. The third-order valence-corrected chi connectivity index (χ3v) is 6.03. The molecule has 9 heteroatoms. The van der Waals surface area contributed by atoms with Crippen LogP contribution in [0.3, 0.4) is 0 Å². The number of hydrogen-bond acceptors (Lipinski definition) is 6. The second kappa shape index (κ2) is 10.2. The van der Waals surface area contributed by atoms with Crippen LogP contribution in [0.4, 0.5) is 20.3 Å². The van der Waals surface area contributed by atoms with Crippen molar-refractivity contribution in [2.45, 2.75) is 44.6 Å². The van der Waals surface area contributed by atoms with E-state index in [4.69, 9.17) is 0 Å². The number of H-pyrrole nitrogens is 1. The number of carbonyl (C=O) groups excluding carboxylic acids is 1. The number of rotatable bonds is 9. The Kier molecular flexibility index (Phi) is 7.12. The summed E-state index contributed by atoms with van der Waals surface area (Å²) >= 11 is 1.19. The number of carbonyl (C=O) groups is 1. The summed E-state index contributed by atoms with van der Waals surface area (Å²) in [5, 5.41) is 3.53. The quantitative estimate of drug-likeness (QED) is 0.191. The average Bonchev–Trinajstić information content (AvgIpc) is 3.25. The van der Waals surface area contributed by atoms with Crippen molar-refractivity contribution in [3.05, 3.63) is 77.2 Å². The number of aromatic amines is 1. The zero-order valence-electron chi connectivity index (χ0n) is 19.1. The standard InChI is InChI=1S/C25H25F2N5OS/c1-4-5-15-6-8-16(9-7-15)34-32-19-11-10-18(26)21(22(19)27)23(33)17-12-28-24-20(17)25(30-13-29-24)31-14(2)3/h6-14,32H,4-5H2,1-3H3,(H2,28,29,30,31). The molecule has 4 rings (SSSR count). The number of hydrogen-bond donors (Lipinski definition) is 3. The van der Waals surface area contributed by atoms with Gasteiger partial charge in [0.15, 0.2) is 5.82 Å². The van der Waals surface area contributed by atoms with E-state index in [2.05, 4.69) is 31.9 Å². The predicted molar refractivity (Wildman–Crippen MR) is 132 cm³/mol. The molecule has 2 heterocycles. The van der Waals surface area contributed by atoms with Crippen LogP contribution in [0.15, 0.2) is 53.8 Å². The second-order valence-corrected chi connectivity index (χ2v) is 9.04. The normalized spacial score (nSPS) is 11.2. The van der Waals surface area contributed by atoms with Crippen LogP contribution in [-0.2, 0) is 6.42 Å². The minimum Gasteiger partial charge on any atom is -0.367 e. The van der Waals surface area contributed by atoms with Crippen molar-refractivity contribution < 1.29 is 13.6 Å². The number of anilines is 2. The number of aryl methyl sites for hydroxylation is 1. The summed E-state index contributed by atoms with van der Waals surface area (Å²) in [6, 6.07) is 10.3. The zero-order valence-corrected chi connectivity index (χ0v) is 19.9. The summed E-state index contributed by atoms with van der Waals surface area (Å²) in [7, 11) is 0. The fraction of sp³-hybridized carbons (Fsp3) is 0.240. The molecule has 0 amide bonds. The van der Waals surface area contributed by atoms with Gasteiger partial charge in [0.2, 0.25) is 5.78 Å². The molecule has 4 aromatic rings. The molecule has 0 fully saturated rings. The number of nitrogens with zero attached hydrogens (tertiary/aromatic N) is 2. The first-order chi connectivity index (χ1) is 16.4. The van der Waals surface area contributed by atoms with Crippen molar-refractivity contribution in [2.75, 3.05) is 10.0 Å². The van der Waals surface area contributed by atoms with Gasteiger partial charge in [0, 0.05) is 17.1 Å². The third-order valence-electron chi connectivity index (χ3n) is 5.20. The highest BCUT2D eigenvalue weighted by Crippen LogP contribution is 2.31. The summed E-state index contributed by atoms with van der Waals surface area (Å²) in [6.07, 6.45) is 4.80. The molecular formula is C25H25F2N5OS. The van der Waals surface area contributed by atoms with E-state index in [1.807, 2.05) is 38.1 Å². The van der Waals surface area contributed by atoms with Crippen LogP contribution in [0.1, 0.15) is 48.7 Å². The van der Waals surface area contributed by atoms with Crippen LogP contribution in [0, 0.1) is 11.6 Å². The van der Waals surface area contributed by atoms with E-state index in [1.165, 1.54) is 36.1 Å². The summed E-state index contributed by atoms with van der Waals surface area (Å²) in [6.45, 7) is 5.96. The molecule has 0 spiro atoms. The SMILES string of the molecule is CCCc1ccc(SNc2ccc(F)c(C(=O)c3c[nH]c4ncnc(NC(C)C)c34)c2F)cc1. The molecule has 2 aromatic carbocycles. The molecule has 0 atom stereocenters. The Morgan fingerprint density at radius 3 is 2.59 bits per heavy atom. The van der Waals surface area contributed by atoms with Crippen molar-refractivity contribution in [3.63, 3.8) is 0 Å². The van der Waals surface area contributed by atoms with Crippen molar-refractivity contribution in [2.24, 2.45) is 0 Å². The second-order valence-electron chi connectivity index (χ2n) is 8.16. The van der Waals surface area contributed by atoms with Gasteiger partial charge in [-0.05, 0) is 62.0 Å². The molecule has 0 aliphatic heterocycles. The van der Waals surface area contributed by atoms with E-state index in [9.17, 15) is 9.18 Å². The first-order valence-electron chi connectivity index (χ1n) is 11.0. The van der Waals surface area contributed by atoms with E-state index >= 15 is 4.39 Å². The van der Waals surface area contributed by atoms with Gasteiger partial charge >= 0.3 is 0 Å². The molecular weight excluding hydrogens is 456 g/mol. The maximum absolute atomic E-state index is 15.4. The van der Waals surface area contributed by atoms with Gasteiger partial charge in [0.1, 0.15) is 23.6 Å². The van der Waals surface area contributed by atoms with Gasteiger partial charge in [-0.3, -0.25) is 4.79 Å². The molecule has 0 saturated heterocycles. The highest BCUT2D eigenvalue weighted by molar-refractivity contribution is 8.00. The Labute approximate surface area is 200 Å². The van der Waals surface area contributed by atoms with Crippen LogP contribution in [0.5, 0.6) is 0 Å². The Bertz CT molecular complexity index is 1320. The van der Waals surface area contributed by atoms with Crippen molar-refractivity contribution in [1.82, 2.24) is 15.0 Å². The van der Waals surface area contributed by atoms with E-state index in [-0.39, 0.29) is 17.3 Å². The monoisotopic (exact) mass is 481 g/mol. The van der Waals surface area contributed by atoms with Gasteiger partial charge in [-0.15, -0.1) is 0 Å². The number of benzene rings is 2. The van der Waals surface area contributed by atoms with Crippen LogP contribution in [0.2, 0.25) is 0 Å². The van der Waals surface area contributed by atoms with Gasteiger partial charge in [-0.25, -0.2) is 18.7 Å². The molecule has 0 radical (unpaired) electrons. The maximum Gasteiger partial charge on any atom is 0.201 e. The average molecular weight is 482 g/mol. The van der Waals surface area contributed by atoms with Gasteiger partial charge in [-0.2, -0.15) is 0 Å². The minimum atomic E-state index is -0.954. The third kappa shape index (κ3) is 4.89. The maximum atomic E-state index is 15.4. The Morgan fingerprint density at radius 2 is 1.88 bits per heavy atom. The molecule has 6 nitrogen and oxygen atoms in total. The van der Waals surface area contributed by atoms with Crippen molar-refractivity contribution >= 4 is 40.3 Å². The van der Waals surface area contributed by atoms with Crippen molar-refractivity contribution in [1.29, 1.82) is 0 Å². The molecule has 0 bridgehead atoms. The predicted octanol–water partition coefficient (Wildman–Crippen LogP) is 6.36. The lowest BCUT2D eigenvalue weighted by Gasteiger charge is -2.12. The van der Waals surface area contributed by atoms with Crippen LogP contribution in [-0.4, -0.2) is 26.8 Å². The lowest BCUT2D eigenvalue weighted by molar-refractivity contribution is 0.103. The topological polar surface area (TPSA) is 82.7 Å². The summed E-state index contributed by atoms with van der Waals surface area (Å²) in [5.74, 6) is -2.27. The fourth-order valence-electron chi connectivity index (χ4n) is 3.63. The Balaban J connectivity index is 1.64. The molecule has 0 aliphatic rings. The molecule has 34 heavy (non-hydrogen) atoms. The molecule has 2 aromatic heterocycles. The van der Waals surface area contributed by atoms with E-state index in [1.54, 1.807) is 0 Å². The summed E-state index contributed by atoms with van der Waals surface area (Å²) in [4.78, 5) is 25.4. The van der Waals surface area contributed by atoms with E-state index in [0.29, 0.717) is 16.9 Å². The smallest absolute Gasteiger partial charge is 0.201 e.